The highest BCUT2D eigenvalue weighted by Crippen LogP contribution is 2.32. The van der Waals surface area contributed by atoms with Crippen molar-refractivity contribution in [3.63, 3.8) is 0 Å². The number of pyridine rings is 1. The molecule has 23 heavy (non-hydrogen) atoms. The summed E-state index contributed by atoms with van der Waals surface area (Å²) in [5.74, 6) is -0.532. The maximum absolute atomic E-state index is 11.7. The molecule has 0 atom stereocenters. The molecular weight excluding hydrogens is 354 g/mol. The molecule has 4 aromatic rings. The predicted molar refractivity (Wildman–Crippen MR) is 95.3 cm³/mol. The van der Waals surface area contributed by atoms with Crippen molar-refractivity contribution in [3.05, 3.63) is 64.8 Å². The van der Waals surface area contributed by atoms with Crippen molar-refractivity contribution < 1.29 is 4.79 Å². The largest absolute Gasteiger partial charge is 0.364 e. The van der Waals surface area contributed by atoms with Gasteiger partial charge in [0.05, 0.1) is 11.2 Å². The first kappa shape index (κ1) is 14.0. The lowest BCUT2D eigenvalue weighted by Gasteiger charge is -2.06. The average Bonchev–Trinajstić information content (AvgIpc) is 2.93. The number of halogens is 1. The van der Waals surface area contributed by atoms with Crippen molar-refractivity contribution in [3.8, 4) is 11.3 Å². The Morgan fingerprint density at radius 1 is 1.04 bits per heavy atom. The second-order valence-corrected chi connectivity index (χ2v) is 6.24. The zero-order chi connectivity index (χ0) is 16.0. The number of aromatic nitrogens is 2. The summed E-state index contributed by atoms with van der Waals surface area (Å²) in [6.07, 6.45) is 0. The summed E-state index contributed by atoms with van der Waals surface area (Å²) < 4.78 is 0.986. The predicted octanol–water partition coefficient (Wildman–Crippen LogP) is 4.24. The van der Waals surface area contributed by atoms with Crippen LogP contribution in [0.2, 0.25) is 0 Å². The highest BCUT2D eigenvalue weighted by molar-refractivity contribution is 9.10. The summed E-state index contributed by atoms with van der Waals surface area (Å²) in [6.45, 7) is 0. The third kappa shape index (κ3) is 2.29. The van der Waals surface area contributed by atoms with Crippen LogP contribution >= 0.6 is 15.9 Å². The Hall–Kier alpha value is -2.66. The van der Waals surface area contributed by atoms with E-state index in [0.717, 1.165) is 37.5 Å². The van der Waals surface area contributed by atoms with Crippen molar-refractivity contribution in [1.82, 2.24) is 9.97 Å². The third-order valence-corrected chi connectivity index (χ3v) is 4.40. The minimum absolute atomic E-state index is 0.264. The average molecular weight is 366 g/mol. The fraction of sp³-hybridized carbons (Fsp3) is 0. The summed E-state index contributed by atoms with van der Waals surface area (Å²) in [5, 5.41) is 1.99. The van der Waals surface area contributed by atoms with E-state index in [9.17, 15) is 4.79 Å². The number of para-hydroxylation sites is 1. The van der Waals surface area contributed by atoms with E-state index in [2.05, 4.69) is 25.9 Å². The molecule has 2 heterocycles. The van der Waals surface area contributed by atoms with E-state index in [1.807, 2.05) is 48.5 Å². The molecule has 0 aliphatic carbocycles. The number of nitrogens with two attached hydrogens (primary N) is 1. The Morgan fingerprint density at radius 2 is 1.78 bits per heavy atom. The van der Waals surface area contributed by atoms with Gasteiger partial charge in [-0.15, -0.1) is 0 Å². The van der Waals surface area contributed by atoms with Crippen LogP contribution in [0.5, 0.6) is 0 Å². The van der Waals surface area contributed by atoms with Crippen molar-refractivity contribution >= 4 is 43.6 Å². The molecule has 0 saturated heterocycles. The molecule has 5 heteroatoms. The monoisotopic (exact) mass is 365 g/mol. The molecule has 0 bridgehead atoms. The van der Waals surface area contributed by atoms with Gasteiger partial charge < -0.3 is 10.7 Å². The first-order chi connectivity index (χ1) is 11.1. The lowest BCUT2D eigenvalue weighted by atomic mass is 10.1. The van der Waals surface area contributed by atoms with Crippen LogP contribution in [0.1, 0.15) is 10.5 Å². The molecule has 0 unspecified atom stereocenters. The number of hydrogen-bond donors (Lipinski definition) is 2. The van der Waals surface area contributed by atoms with E-state index < -0.39 is 5.91 Å². The SMILES string of the molecule is NC(=O)c1cc2c([nH]c3ccccc32)c(-c2ccc(Br)cc2)n1. The van der Waals surface area contributed by atoms with E-state index in [1.165, 1.54) is 0 Å². The number of rotatable bonds is 2. The van der Waals surface area contributed by atoms with E-state index in [-0.39, 0.29) is 5.69 Å². The summed E-state index contributed by atoms with van der Waals surface area (Å²) in [5.41, 5.74) is 9.29. The second kappa shape index (κ2) is 5.21. The van der Waals surface area contributed by atoms with Gasteiger partial charge in [0.2, 0.25) is 0 Å². The molecule has 2 aromatic carbocycles. The number of hydrogen-bond acceptors (Lipinski definition) is 2. The van der Waals surface area contributed by atoms with Crippen LogP contribution in [0.3, 0.4) is 0 Å². The number of primary amides is 1. The van der Waals surface area contributed by atoms with E-state index in [4.69, 9.17) is 5.73 Å². The van der Waals surface area contributed by atoms with Gasteiger partial charge in [0.1, 0.15) is 5.69 Å². The minimum atomic E-state index is -0.532. The molecule has 3 N–H and O–H groups in total. The van der Waals surface area contributed by atoms with E-state index >= 15 is 0 Å². The first-order valence-corrected chi connectivity index (χ1v) is 7.90. The molecule has 4 nitrogen and oxygen atoms in total. The fourth-order valence-electron chi connectivity index (χ4n) is 2.79. The molecule has 0 saturated carbocycles. The number of H-pyrrole nitrogens is 1. The van der Waals surface area contributed by atoms with Crippen LogP contribution < -0.4 is 5.73 Å². The van der Waals surface area contributed by atoms with Crippen LogP contribution in [0, 0.1) is 0 Å². The number of amides is 1. The van der Waals surface area contributed by atoms with Gasteiger partial charge in [0, 0.05) is 26.3 Å². The van der Waals surface area contributed by atoms with Crippen LogP contribution in [-0.2, 0) is 0 Å². The normalized spacial score (nSPS) is 11.2. The topological polar surface area (TPSA) is 71.8 Å². The molecule has 0 fully saturated rings. The quantitative estimate of drug-likeness (QED) is 0.557. The van der Waals surface area contributed by atoms with Crippen molar-refractivity contribution in [1.29, 1.82) is 0 Å². The standard InChI is InChI=1S/C18H12BrN3O/c19-11-7-5-10(6-8-11)16-17-13(9-15(22-16)18(20)23)12-3-1-2-4-14(12)21-17/h1-9,21H,(H2,20,23). The zero-order valence-corrected chi connectivity index (χ0v) is 13.6. The molecule has 1 amide bonds. The van der Waals surface area contributed by atoms with Crippen molar-refractivity contribution in [2.75, 3.05) is 0 Å². The Morgan fingerprint density at radius 3 is 2.52 bits per heavy atom. The lowest BCUT2D eigenvalue weighted by Crippen LogP contribution is -2.13. The van der Waals surface area contributed by atoms with Crippen LogP contribution in [0.4, 0.5) is 0 Å². The van der Waals surface area contributed by atoms with E-state index in [1.54, 1.807) is 6.07 Å². The summed E-state index contributed by atoms with van der Waals surface area (Å²) in [4.78, 5) is 19.6. The molecule has 0 spiro atoms. The molecule has 2 aromatic heterocycles. The summed E-state index contributed by atoms with van der Waals surface area (Å²) >= 11 is 3.43. The number of carbonyl (C=O) groups is 1. The second-order valence-electron chi connectivity index (χ2n) is 5.32. The molecule has 0 aliphatic rings. The minimum Gasteiger partial charge on any atom is -0.364 e. The lowest BCUT2D eigenvalue weighted by molar-refractivity contribution is 0.0996. The van der Waals surface area contributed by atoms with Gasteiger partial charge in [-0.3, -0.25) is 4.79 Å². The number of nitrogens with zero attached hydrogens (tertiary/aromatic N) is 1. The zero-order valence-electron chi connectivity index (χ0n) is 12.0. The molecule has 112 valence electrons. The van der Waals surface area contributed by atoms with Crippen molar-refractivity contribution in [2.24, 2.45) is 5.73 Å². The Labute approximate surface area is 140 Å². The van der Waals surface area contributed by atoms with Gasteiger partial charge in [0.25, 0.3) is 5.91 Å². The Bertz CT molecular complexity index is 1050. The van der Waals surface area contributed by atoms with Crippen LogP contribution in [0.15, 0.2) is 59.1 Å². The Kier molecular flexibility index (Phi) is 3.16. The van der Waals surface area contributed by atoms with Gasteiger partial charge in [-0.05, 0) is 24.3 Å². The summed E-state index contributed by atoms with van der Waals surface area (Å²) in [6, 6.07) is 17.5. The summed E-state index contributed by atoms with van der Waals surface area (Å²) in [7, 11) is 0. The molecule has 0 radical (unpaired) electrons. The number of benzene rings is 2. The highest BCUT2D eigenvalue weighted by Gasteiger charge is 2.15. The number of fused-ring (bicyclic) bond motifs is 3. The van der Waals surface area contributed by atoms with Gasteiger partial charge in [-0.1, -0.05) is 46.3 Å². The Balaban J connectivity index is 2.12. The van der Waals surface area contributed by atoms with Crippen molar-refractivity contribution in [2.45, 2.75) is 0 Å². The van der Waals surface area contributed by atoms with Gasteiger partial charge in [0.15, 0.2) is 0 Å². The molecular formula is C18H12BrN3O. The highest BCUT2D eigenvalue weighted by atomic mass is 79.9. The van der Waals surface area contributed by atoms with Gasteiger partial charge in [-0.25, -0.2) is 4.98 Å². The molecule has 4 rings (SSSR count). The third-order valence-electron chi connectivity index (χ3n) is 3.87. The maximum Gasteiger partial charge on any atom is 0.267 e. The van der Waals surface area contributed by atoms with Gasteiger partial charge >= 0.3 is 0 Å². The van der Waals surface area contributed by atoms with E-state index in [0.29, 0.717) is 0 Å². The number of carbonyl (C=O) groups excluding carboxylic acids is 1. The van der Waals surface area contributed by atoms with Crippen LogP contribution in [-0.4, -0.2) is 15.9 Å². The number of aromatic amines is 1. The van der Waals surface area contributed by atoms with Crippen LogP contribution in [0.25, 0.3) is 33.1 Å². The molecule has 0 aliphatic heterocycles. The smallest absolute Gasteiger partial charge is 0.267 e. The fourth-order valence-corrected chi connectivity index (χ4v) is 3.05. The number of nitrogens with one attached hydrogen (secondary N) is 1. The van der Waals surface area contributed by atoms with Gasteiger partial charge in [-0.2, -0.15) is 0 Å². The maximum atomic E-state index is 11.7. The first-order valence-electron chi connectivity index (χ1n) is 7.11.